The lowest BCUT2D eigenvalue weighted by atomic mass is 9.70. The quantitative estimate of drug-likeness (QED) is 0.450. The Kier molecular flexibility index (Phi) is 9.83. The molecule has 2 aromatic rings. The molecule has 0 radical (unpaired) electrons. The normalized spacial score (nSPS) is 28.8. The second-order valence-electron chi connectivity index (χ2n) is 12.4. The summed E-state index contributed by atoms with van der Waals surface area (Å²) >= 11 is 6.32. The van der Waals surface area contributed by atoms with Crippen molar-refractivity contribution in [1.82, 2.24) is 9.03 Å². The molecule has 2 fully saturated rings. The summed E-state index contributed by atoms with van der Waals surface area (Å²) in [6, 6.07) is 11.0. The van der Waals surface area contributed by atoms with Crippen molar-refractivity contribution in [3.8, 4) is 5.75 Å². The maximum Gasteiger partial charge on any atom is 0.304 e. The van der Waals surface area contributed by atoms with E-state index < -0.39 is 22.2 Å². The van der Waals surface area contributed by atoms with Gasteiger partial charge in [-0.05, 0) is 105 Å². The number of carbonyl (C=O) groups is 1. The van der Waals surface area contributed by atoms with Crippen molar-refractivity contribution in [2.45, 2.75) is 70.2 Å². The van der Waals surface area contributed by atoms with E-state index in [2.05, 4.69) is 9.62 Å². The molecule has 4 atom stereocenters. The third-order valence-electron chi connectivity index (χ3n) is 9.48. The van der Waals surface area contributed by atoms with Crippen LogP contribution < -0.4 is 14.4 Å². The van der Waals surface area contributed by atoms with Crippen LogP contribution in [0.3, 0.4) is 0 Å². The van der Waals surface area contributed by atoms with Crippen LogP contribution >= 0.6 is 11.6 Å². The predicted octanol–water partition coefficient (Wildman–Crippen LogP) is 4.86. The first-order valence-corrected chi connectivity index (χ1v) is 17.7. The number of fused-ring (bicyclic) bond motifs is 3. The Balaban J connectivity index is 1.35. The molecule has 4 aliphatic rings. The summed E-state index contributed by atoms with van der Waals surface area (Å²) in [5.41, 5.74) is 3.24. The zero-order valence-corrected chi connectivity index (χ0v) is 26.6. The fourth-order valence-electron chi connectivity index (χ4n) is 6.80. The number of benzene rings is 2. The fourth-order valence-corrected chi connectivity index (χ4v) is 8.18. The van der Waals surface area contributed by atoms with Gasteiger partial charge in [-0.25, -0.2) is 4.72 Å². The number of aryl methyl sites for hydroxylation is 1. The summed E-state index contributed by atoms with van der Waals surface area (Å²) in [7, 11) is -4.16. The average Bonchev–Trinajstić information content (AvgIpc) is 3.49. The molecule has 1 saturated carbocycles. The van der Waals surface area contributed by atoms with Crippen LogP contribution in [0.4, 0.5) is 5.69 Å². The van der Waals surface area contributed by atoms with Crippen LogP contribution in [0.2, 0.25) is 5.02 Å². The van der Waals surface area contributed by atoms with E-state index >= 15 is 0 Å². The van der Waals surface area contributed by atoms with Crippen molar-refractivity contribution in [3.63, 3.8) is 0 Å². The number of aliphatic hydroxyl groups excluding tert-OH is 1. The Hall–Kier alpha value is -2.63. The molecule has 2 bridgehead atoms. The SMILES string of the molecule is O=C1NS(=O)(=O)N(C[C@H]2CCCO2)CC/C=C/[C@H](O)[C@@H]2CC[C@H]2CN2CCCCc3cc(Cl)ccc3COc3ccc1cc32. The van der Waals surface area contributed by atoms with Gasteiger partial charge in [-0.2, -0.15) is 12.7 Å². The second kappa shape index (κ2) is 13.8. The van der Waals surface area contributed by atoms with Crippen LogP contribution in [-0.2, 0) is 28.0 Å². The molecule has 11 heteroatoms. The molecule has 0 unspecified atom stereocenters. The molecule has 6 rings (SSSR count). The minimum Gasteiger partial charge on any atom is -0.487 e. The summed E-state index contributed by atoms with van der Waals surface area (Å²) in [6.45, 7) is 2.75. The highest BCUT2D eigenvalue weighted by molar-refractivity contribution is 7.87. The summed E-state index contributed by atoms with van der Waals surface area (Å²) in [5.74, 6) is 0.348. The lowest BCUT2D eigenvalue weighted by Crippen LogP contribution is -2.47. The Morgan fingerprint density at radius 2 is 1.91 bits per heavy atom. The molecular weight excluding hydrogens is 602 g/mol. The van der Waals surface area contributed by atoms with Crippen molar-refractivity contribution in [2.75, 3.05) is 37.7 Å². The summed E-state index contributed by atoms with van der Waals surface area (Å²) in [6.07, 6.45) is 9.63. The minimum atomic E-state index is -4.16. The minimum absolute atomic E-state index is 0.117. The zero-order valence-electron chi connectivity index (χ0n) is 25.0. The van der Waals surface area contributed by atoms with Gasteiger partial charge in [-0.1, -0.05) is 29.8 Å². The van der Waals surface area contributed by atoms with Crippen LogP contribution in [0.25, 0.3) is 0 Å². The molecule has 1 aliphatic carbocycles. The van der Waals surface area contributed by atoms with Gasteiger partial charge in [0.2, 0.25) is 0 Å². The molecule has 0 aromatic heterocycles. The van der Waals surface area contributed by atoms with E-state index in [9.17, 15) is 18.3 Å². The summed E-state index contributed by atoms with van der Waals surface area (Å²) in [5, 5.41) is 11.8. The Morgan fingerprint density at radius 3 is 2.70 bits per heavy atom. The van der Waals surface area contributed by atoms with E-state index in [-0.39, 0.29) is 36.6 Å². The number of ether oxygens (including phenoxy) is 2. The molecule has 238 valence electrons. The van der Waals surface area contributed by atoms with E-state index in [1.807, 2.05) is 30.4 Å². The monoisotopic (exact) mass is 643 g/mol. The number of carbonyl (C=O) groups excluding carboxylic acids is 1. The van der Waals surface area contributed by atoms with Gasteiger partial charge in [-0.15, -0.1) is 0 Å². The van der Waals surface area contributed by atoms with Crippen LogP contribution in [0, 0.1) is 11.8 Å². The first-order chi connectivity index (χ1) is 21.3. The van der Waals surface area contributed by atoms with Crippen molar-refractivity contribution < 1.29 is 27.8 Å². The van der Waals surface area contributed by atoms with E-state index in [0.717, 1.165) is 62.7 Å². The zero-order chi connectivity index (χ0) is 30.7. The summed E-state index contributed by atoms with van der Waals surface area (Å²) in [4.78, 5) is 15.8. The van der Waals surface area contributed by atoms with Crippen LogP contribution in [0.15, 0.2) is 48.6 Å². The fraction of sp³-hybridized carbons (Fsp3) is 0.545. The molecule has 1 amide bonds. The summed E-state index contributed by atoms with van der Waals surface area (Å²) < 4.78 is 42.8. The molecule has 44 heavy (non-hydrogen) atoms. The molecule has 2 aromatic carbocycles. The Labute approximate surface area is 265 Å². The third-order valence-corrected chi connectivity index (χ3v) is 11.2. The van der Waals surface area contributed by atoms with Gasteiger partial charge < -0.3 is 19.5 Å². The average molecular weight is 644 g/mol. The highest BCUT2D eigenvalue weighted by Gasteiger charge is 2.37. The van der Waals surface area contributed by atoms with Crippen molar-refractivity contribution in [2.24, 2.45) is 11.8 Å². The van der Waals surface area contributed by atoms with E-state index in [1.165, 1.54) is 9.87 Å². The van der Waals surface area contributed by atoms with E-state index in [4.69, 9.17) is 21.1 Å². The van der Waals surface area contributed by atoms with Crippen molar-refractivity contribution in [3.05, 3.63) is 70.3 Å². The number of hydrogen-bond donors (Lipinski definition) is 2. The van der Waals surface area contributed by atoms with E-state index in [0.29, 0.717) is 37.0 Å². The number of amides is 1. The highest BCUT2D eigenvalue weighted by Crippen LogP contribution is 2.41. The molecule has 1 saturated heterocycles. The molecule has 3 aliphatic heterocycles. The Morgan fingerprint density at radius 1 is 1.02 bits per heavy atom. The van der Waals surface area contributed by atoms with Crippen LogP contribution in [0.5, 0.6) is 5.75 Å². The standard InChI is InChI=1S/C33H42ClN3O6S/c34-27-12-9-26-22-43-32-14-11-24-19-30(32)36(15-3-1-6-23(26)18-27)20-25-10-13-29(25)31(38)8-2-4-16-37(21-28-7-5-17-42-28)44(40,41)35-33(24)39/h2,8-9,11-12,14,18-19,25,28-29,31,38H,1,3-7,10,13,15-17,20-22H2,(H,35,39)/b8-2+/t25-,28+,29+,31-/m0/s1. The largest absolute Gasteiger partial charge is 0.487 e. The van der Waals surface area contributed by atoms with Gasteiger partial charge in [0.1, 0.15) is 12.4 Å². The predicted molar refractivity (Wildman–Crippen MR) is 170 cm³/mol. The van der Waals surface area contributed by atoms with Crippen molar-refractivity contribution >= 4 is 33.4 Å². The van der Waals surface area contributed by atoms with Crippen molar-refractivity contribution in [1.29, 1.82) is 0 Å². The molecule has 0 spiro atoms. The number of hydrogen-bond acceptors (Lipinski definition) is 7. The molecule has 2 N–H and O–H groups in total. The lowest BCUT2D eigenvalue weighted by Gasteiger charge is -2.42. The van der Waals surface area contributed by atoms with Gasteiger partial charge in [-0.3, -0.25) is 4.79 Å². The number of aliphatic hydroxyl groups is 1. The Bertz CT molecular complexity index is 1480. The molecule has 9 nitrogen and oxygen atoms in total. The lowest BCUT2D eigenvalue weighted by molar-refractivity contribution is 0.0461. The molecule has 3 heterocycles. The number of rotatable bonds is 2. The van der Waals surface area contributed by atoms with Gasteiger partial charge in [0.05, 0.1) is 17.9 Å². The number of nitrogens with zero attached hydrogens (tertiary/aromatic N) is 2. The van der Waals surface area contributed by atoms with Crippen LogP contribution in [-0.4, -0.2) is 68.7 Å². The van der Waals surface area contributed by atoms with Gasteiger partial charge in [0, 0.05) is 43.4 Å². The molecular formula is C33H42ClN3O6S. The first kappa shape index (κ1) is 31.4. The maximum atomic E-state index is 13.5. The number of nitrogens with one attached hydrogen (secondary N) is 1. The van der Waals surface area contributed by atoms with Gasteiger partial charge in [0.15, 0.2) is 0 Å². The maximum absolute atomic E-state index is 13.5. The van der Waals surface area contributed by atoms with Gasteiger partial charge in [0.25, 0.3) is 5.91 Å². The van der Waals surface area contributed by atoms with E-state index in [1.54, 1.807) is 18.2 Å². The number of anilines is 1. The first-order valence-electron chi connectivity index (χ1n) is 15.8. The second-order valence-corrected chi connectivity index (χ2v) is 14.5. The highest BCUT2D eigenvalue weighted by atomic mass is 35.5. The third kappa shape index (κ3) is 7.26. The van der Waals surface area contributed by atoms with Crippen LogP contribution in [0.1, 0.15) is 66.4 Å². The smallest absolute Gasteiger partial charge is 0.304 e. The van der Waals surface area contributed by atoms with Gasteiger partial charge >= 0.3 is 10.2 Å². The topological polar surface area (TPSA) is 108 Å². The number of halogens is 1.